The number of hydrogen-bond donors (Lipinski definition) is 2. The fraction of sp³-hybridized carbons (Fsp3) is 0.538. The first-order chi connectivity index (χ1) is 7.61. The Bertz CT molecular complexity index is 345. The number of hydrogen-bond acceptors (Lipinski definition) is 3. The Morgan fingerprint density at radius 3 is 2.62 bits per heavy atom. The van der Waals surface area contributed by atoms with Gasteiger partial charge >= 0.3 is 0 Å². The monoisotopic (exact) mass is 220 g/mol. The quantitative estimate of drug-likeness (QED) is 0.794. The standard InChI is InChI=1S/C13H20N2O/c1-13(16)7-2-8-15(10-13)12-5-3-11(9-14)4-6-12/h3-6,16H,2,7-10,14H2,1H3. The fourth-order valence-corrected chi connectivity index (χ4v) is 2.28. The molecule has 0 amide bonds. The molecule has 1 atom stereocenters. The number of rotatable bonds is 2. The van der Waals surface area contributed by atoms with E-state index >= 15 is 0 Å². The molecular weight excluding hydrogens is 200 g/mol. The zero-order valence-electron chi connectivity index (χ0n) is 9.82. The van der Waals surface area contributed by atoms with Gasteiger partial charge in [0.1, 0.15) is 0 Å². The lowest BCUT2D eigenvalue weighted by Crippen LogP contribution is -2.46. The molecule has 3 N–H and O–H groups in total. The second-order valence-corrected chi connectivity index (χ2v) is 4.89. The van der Waals surface area contributed by atoms with Gasteiger partial charge in [0, 0.05) is 25.3 Å². The van der Waals surface area contributed by atoms with E-state index in [0.29, 0.717) is 6.54 Å². The highest BCUT2D eigenvalue weighted by Crippen LogP contribution is 2.25. The van der Waals surface area contributed by atoms with E-state index in [0.717, 1.165) is 31.5 Å². The van der Waals surface area contributed by atoms with E-state index in [-0.39, 0.29) is 0 Å². The van der Waals surface area contributed by atoms with Gasteiger partial charge in [-0.15, -0.1) is 0 Å². The molecule has 16 heavy (non-hydrogen) atoms. The van der Waals surface area contributed by atoms with Gasteiger partial charge in [0.05, 0.1) is 5.60 Å². The predicted molar refractivity (Wildman–Crippen MR) is 66.4 cm³/mol. The number of nitrogens with zero attached hydrogens (tertiary/aromatic N) is 1. The minimum absolute atomic E-state index is 0.551. The van der Waals surface area contributed by atoms with Crippen molar-refractivity contribution in [1.29, 1.82) is 0 Å². The van der Waals surface area contributed by atoms with Gasteiger partial charge in [0.25, 0.3) is 0 Å². The van der Waals surface area contributed by atoms with Crippen LogP contribution in [0.3, 0.4) is 0 Å². The summed E-state index contributed by atoms with van der Waals surface area (Å²) < 4.78 is 0. The van der Waals surface area contributed by atoms with Crippen LogP contribution in [-0.2, 0) is 6.54 Å². The summed E-state index contributed by atoms with van der Waals surface area (Å²) in [5, 5.41) is 10.0. The zero-order valence-corrected chi connectivity index (χ0v) is 9.82. The highest BCUT2D eigenvalue weighted by Gasteiger charge is 2.28. The van der Waals surface area contributed by atoms with Gasteiger partial charge in [0.15, 0.2) is 0 Å². The normalized spacial score (nSPS) is 25.8. The summed E-state index contributed by atoms with van der Waals surface area (Å²) in [6.07, 6.45) is 1.94. The van der Waals surface area contributed by atoms with Crippen molar-refractivity contribution in [1.82, 2.24) is 0 Å². The first-order valence-electron chi connectivity index (χ1n) is 5.87. The molecule has 0 aromatic heterocycles. The third-order valence-corrected chi connectivity index (χ3v) is 3.21. The van der Waals surface area contributed by atoms with E-state index in [1.54, 1.807) is 0 Å². The molecule has 1 saturated heterocycles. The molecule has 0 bridgehead atoms. The first kappa shape index (κ1) is 11.4. The van der Waals surface area contributed by atoms with E-state index in [4.69, 9.17) is 5.73 Å². The summed E-state index contributed by atoms with van der Waals surface area (Å²) in [5.41, 5.74) is 7.34. The average Bonchev–Trinajstić information content (AvgIpc) is 2.28. The van der Waals surface area contributed by atoms with Crippen molar-refractivity contribution >= 4 is 5.69 Å². The Balaban J connectivity index is 2.11. The van der Waals surface area contributed by atoms with Crippen LogP contribution in [0.4, 0.5) is 5.69 Å². The molecule has 1 heterocycles. The molecule has 0 saturated carbocycles. The Morgan fingerprint density at radius 1 is 1.38 bits per heavy atom. The summed E-state index contributed by atoms with van der Waals surface area (Å²) in [6, 6.07) is 8.28. The maximum absolute atomic E-state index is 10.0. The summed E-state index contributed by atoms with van der Waals surface area (Å²) in [7, 11) is 0. The molecule has 1 aliphatic heterocycles. The molecule has 0 aliphatic carbocycles. The number of piperidine rings is 1. The van der Waals surface area contributed by atoms with Gasteiger partial charge in [-0.3, -0.25) is 0 Å². The van der Waals surface area contributed by atoms with Crippen molar-refractivity contribution in [3.8, 4) is 0 Å². The van der Waals surface area contributed by atoms with Crippen LogP contribution >= 0.6 is 0 Å². The summed E-state index contributed by atoms with van der Waals surface area (Å²) in [6.45, 7) is 4.23. The highest BCUT2D eigenvalue weighted by atomic mass is 16.3. The van der Waals surface area contributed by atoms with E-state index in [2.05, 4.69) is 29.2 Å². The number of benzene rings is 1. The summed E-state index contributed by atoms with van der Waals surface area (Å²) in [4.78, 5) is 2.24. The molecule has 0 radical (unpaired) electrons. The molecular formula is C13H20N2O. The molecule has 3 nitrogen and oxygen atoms in total. The lowest BCUT2D eigenvalue weighted by Gasteiger charge is -2.38. The second kappa shape index (κ2) is 4.44. The van der Waals surface area contributed by atoms with Crippen LogP contribution in [0.1, 0.15) is 25.3 Å². The first-order valence-corrected chi connectivity index (χ1v) is 5.87. The average molecular weight is 220 g/mol. The molecule has 1 aliphatic rings. The van der Waals surface area contributed by atoms with Gasteiger partial charge in [-0.25, -0.2) is 0 Å². The Morgan fingerprint density at radius 2 is 2.06 bits per heavy atom. The third kappa shape index (κ3) is 2.54. The van der Waals surface area contributed by atoms with Gasteiger partial charge in [0.2, 0.25) is 0 Å². The Kier molecular flexibility index (Phi) is 3.17. The molecule has 0 spiro atoms. The van der Waals surface area contributed by atoms with Crippen LogP contribution in [0, 0.1) is 0 Å². The van der Waals surface area contributed by atoms with Crippen molar-refractivity contribution < 1.29 is 5.11 Å². The van der Waals surface area contributed by atoms with Crippen molar-refractivity contribution in [2.24, 2.45) is 5.73 Å². The Labute approximate surface area is 96.9 Å². The van der Waals surface area contributed by atoms with Crippen molar-refractivity contribution in [2.75, 3.05) is 18.0 Å². The SMILES string of the molecule is CC1(O)CCCN(c2ccc(CN)cc2)C1. The molecule has 88 valence electrons. The maximum atomic E-state index is 10.0. The second-order valence-electron chi connectivity index (χ2n) is 4.89. The van der Waals surface area contributed by atoms with Crippen LogP contribution in [0.25, 0.3) is 0 Å². The number of β-amino-alcohol motifs (C(OH)–C–C–N with tert-alkyl or cyclic N) is 1. The highest BCUT2D eigenvalue weighted by molar-refractivity contribution is 5.48. The minimum Gasteiger partial charge on any atom is -0.388 e. The van der Waals surface area contributed by atoms with Gasteiger partial charge in [-0.1, -0.05) is 12.1 Å². The van der Waals surface area contributed by atoms with Crippen LogP contribution < -0.4 is 10.6 Å². The van der Waals surface area contributed by atoms with Crippen LogP contribution in [0.15, 0.2) is 24.3 Å². The van der Waals surface area contributed by atoms with E-state index in [1.807, 2.05) is 6.92 Å². The zero-order chi connectivity index (χ0) is 11.6. The Hall–Kier alpha value is -1.06. The molecule has 2 rings (SSSR count). The molecule has 3 heteroatoms. The maximum Gasteiger partial charge on any atom is 0.0794 e. The van der Waals surface area contributed by atoms with Gasteiger partial charge in [-0.2, -0.15) is 0 Å². The minimum atomic E-state index is -0.551. The van der Waals surface area contributed by atoms with Crippen LogP contribution in [-0.4, -0.2) is 23.8 Å². The summed E-state index contributed by atoms with van der Waals surface area (Å²) in [5.74, 6) is 0. The smallest absolute Gasteiger partial charge is 0.0794 e. The van der Waals surface area contributed by atoms with Crippen LogP contribution in [0.5, 0.6) is 0 Å². The fourth-order valence-electron chi connectivity index (χ4n) is 2.28. The number of anilines is 1. The van der Waals surface area contributed by atoms with E-state index in [1.165, 1.54) is 5.69 Å². The van der Waals surface area contributed by atoms with Gasteiger partial charge in [-0.05, 0) is 37.5 Å². The lowest BCUT2D eigenvalue weighted by molar-refractivity contribution is 0.0449. The largest absolute Gasteiger partial charge is 0.388 e. The molecule has 1 aromatic carbocycles. The lowest BCUT2D eigenvalue weighted by atomic mass is 9.95. The third-order valence-electron chi connectivity index (χ3n) is 3.21. The molecule has 1 aromatic rings. The van der Waals surface area contributed by atoms with E-state index in [9.17, 15) is 5.11 Å². The van der Waals surface area contributed by atoms with Gasteiger partial charge < -0.3 is 15.7 Å². The van der Waals surface area contributed by atoms with Crippen molar-refractivity contribution in [3.05, 3.63) is 29.8 Å². The van der Waals surface area contributed by atoms with Crippen LogP contribution in [0.2, 0.25) is 0 Å². The topological polar surface area (TPSA) is 49.5 Å². The molecule has 1 fully saturated rings. The van der Waals surface area contributed by atoms with Crippen molar-refractivity contribution in [2.45, 2.75) is 31.9 Å². The molecule has 1 unspecified atom stereocenters. The number of aliphatic hydroxyl groups is 1. The van der Waals surface area contributed by atoms with E-state index < -0.39 is 5.60 Å². The summed E-state index contributed by atoms with van der Waals surface area (Å²) >= 11 is 0. The predicted octanol–water partition coefficient (Wildman–Crippen LogP) is 1.50. The number of nitrogens with two attached hydrogens (primary N) is 1. The van der Waals surface area contributed by atoms with Crippen molar-refractivity contribution in [3.63, 3.8) is 0 Å².